The van der Waals surface area contributed by atoms with E-state index in [1.54, 1.807) is 0 Å². The van der Waals surface area contributed by atoms with Crippen molar-refractivity contribution in [3.8, 4) is 0 Å². The van der Waals surface area contributed by atoms with E-state index in [1.807, 2.05) is 0 Å². The second-order valence-electron chi connectivity index (χ2n) is 3.20. The third-order valence-corrected chi connectivity index (χ3v) is 2.51. The van der Waals surface area contributed by atoms with Crippen LogP contribution in [0.15, 0.2) is 0 Å². The smallest absolute Gasteiger partial charge is 0.199 e. The van der Waals surface area contributed by atoms with Crippen LogP contribution in [0.3, 0.4) is 0 Å². The highest BCUT2D eigenvalue weighted by Crippen LogP contribution is 2.03. The number of aryl methyl sites for hydroxylation is 2. The van der Waals surface area contributed by atoms with Gasteiger partial charge in [-0.2, -0.15) is 4.57 Å². The van der Waals surface area contributed by atoms with Crippen molar-refractivity contribution in [1.82, 2.24) is 4.98 Å². The normalized spacial score (nSPS) is 10.4. The van der Waals surface area contributed by atoms with E-state index in [-0.39, 0.29) is 0 Å². The molecule has 0 radical (unpaired) electrons. The van der Waals surface area contributed by atoms with Crippen LogP contribution in [0, 0.1) is 27.7 Å². The van der Waals surface area contributed by atoms with Crippen molar-refractivity contribution in [3.63, 3.8) is 0 Å². The summed E-state index contributed by atoms with van der Waals surface area (Å²) in [7, 11) is 0. The molecule has 1 aromatic heterocycles. The molecule has 12 heavy (non-hydrogen) atoms. The average Bonchev–Trinajstić information content (AvgIpc) is 2.02. The lowest BCUT2D eigenvalue weighted by molar-refractivity contribution is -0.706. The van der Waals surface area contributed by atoms with Crippen molar-refractivity contribution in [1.29, 1.82) is 0 Å². The zero-order chi connectivity index (χ0) is 9.30. The fourth-order valence-electron chi connectivity index (χ4n) is 1.53. The molecule has 1 rings (SSSR count). The molecule has 0 saturated heterocycles. The first-order valence-electron chi connectivity index (χ1n) is 4.42. The summed E-state index contributed by atoms with van der Waals surface area (Å²) in [6.45, 7) is 11.6. The Morgan fingerprint density at radius 3 is 1.75 bits per heavy atom. The number of hydrogen-bond donors (Lipinski definition) is 0. The Morgan fingerprint density at radius 1 is 1.00 bits per heavy atom. The summed E-state index contributed by atoms with van der Waals surface area (Å²) in [6, 6.07) is 0. The second kappa shape index (κ2) is 3.21. The van der Waals surface area contributed by atoms with Gasteiger partial charge in [0.1, 0.15) is 17.9 Å². The molecule has 0 atom stereocenters. The Bertz CT molecular complexity index is 277. The predicted octanol–water partition coefficient (Wildman–Crippen LogP) is 1.62. The molecule has 0 amide bonds. The van der Waals surface area contributed by atoms with Gasteiger partial charge in [-0.3, -0.25) is 0 Å². The van der Waals surface area contributed by atoms with Crippen LogP contribution in [0.4, 0.5) is 0 Å². The third-order valence-electron chi connectivity index (χ3n) is 2.51. The minimum absolute atomic E-state index is 1.03. The Morgan fingerprint density at radius 2 is 1.42 bits per heavy atom. The van der Waals surface area contributed by atoms with Gasteiger partial charge in [-0.05, 0) is 20.8 Å². The first kappa shape index (κ1) is 9.17. The van der Waals surface area contributed by atoms with Gasteiger partial charge < -0.3 is 0 Å². The highest BCUT2D eigenvalue weighted by Gasteiger charge is 2.14. The van der Waals surface area contributed by atoms with Crippen molar-refractivity contribution in [3.05, 3.63) is 22.8 Å². The van der Waals surface area contributed by atoms with Gasteiger partial charge in [-0.25, -0.2) is 4.98 Å². The van der Waals surface area contributed by atoms with E-state index in [2.05, 4.69) is 44.2 Å². The molecule has 2 heteroatoms. The van der Waals surface area contributed by atoms with Crippen LogP contribution in [-0.2, 0) is 6.54 Å². The van der Waals surface area contributed by atoms with Gasteiger partial charge >= 0.3 is 0 Å². The van der Waals surface area contributed by atoms with Gasteiger partial charge in [0.05, 0.1) is 0 Å². The monoisotopic (exact) mass is 165 g/mol. The quantitative estimate of drug-likeness (QED) is 0.578. The van der Waals surface area contributed by atoms with Crippen molar-refractivity contribution >= 4 is 0 Å². The molecule has 0 aliphatic rings. The Labute approximate surface area is 74.3 Å². The molecule has 2 nitrogen and oxygen atoms in total. The fraction of sp³-hybridized carbons (Fsp3) is 0.600. The largest absolute Gasteiger partial charge is 0.245 e. The fourth-order valence-corrected chi connectivity index (χ4v) is 1.53. The van der Waals surface area contributed by atoms with E-state index in [4.69, 9.17) is 0 Å². The van der Waals surface area contributed by atoms with Gasteiger partial charge in [0.2, 0.25) is 0 Å². The van der Waals surface area contributed by atoms with Crippen LogP contribution >= 0.6 is 0 Å². The van der Waals surface area contributed by atoms with E-state index < -0.39 is 0 Å². The molecule has 0 bridgehead atoms. The lowest BCUT2D eigenvalue weighted by Crippen LogP contribution is -2.41. The molecule has 66 valence electrons. The second-order valence-corrected chi connectivity index (χ2v) is 3.20. The van der Waals surface area contributed by atoms with Crippen LogP contribution in [0.1, 0.15) is 29.7 Å². The summed E-state index contributed by atoms with van der Waals surface area (Å²) in [4.78, 5) is 4.46. The summed E-state index contributed by atoms with van der Waals surface area (Å²) < 4.78 is 2.30. The highest BCUT2D eigenvalue weighted by atomic mass is 15.0. The average molecular weight is 165 g/mol. The van der Waals surface area contributed by atoms with Crippen molar-refractivity contribution in [2.45, 2.75) is 41.2 Å². The molecule has 1 heterocycles. The van der Waals surface area contributed by atoms with Crippen LogP contribution in [-0.4, -0.2) is 4.98 Å². The minimum atomic E-state index is 1.03. The van der Waals surface area contributed by atoms with Crippen molar-refractivity contribution in [2.75, 3.05) is 0 Å². The molecule has 0 aliphatic heterocycles. The number of hydrogen-bond acceptors (Lipinski definition) is 1. The molecule has 0 N–H and O–H groups in total. The molecule has 0 aliphatic carbocycles. The molecule has 0 aromatic carbocycles. The van der Waals surface area contributed by atoms with E-state index in [0.29, 0.717) is 0 Å². The standard InChI is InChI=1S/C10H17N2/c1-6-12-9(4)7(2)11-8(3)10(12)5/h6H2,1-5H3/q+1. The first-order valence-corrected chi connectivity index (χ1v) is 4.42. The molecule has 0 fully saturated rings. The summed E-state index contributed by atoms with van der Waals surface area (Å²) in [5.41, 5.74) is 4.83. The summed E-state index contributed by atoms with van der Waals surface area (Å²) in [6.07, 6.45) is 0. The van der Waals surface area contributed by atoms with Gasteiger partial charge in [-0.1, -0.05) is 0 Å². The lowest BCUT2D eigenvalue weighted by atomic mass is 10.2. The zero-order valence-corrected chi connectivity index (χ0v) is 8.60. The maximum atomic E-state index is 4.46. The summed E-state index contributed by atoms with van der Waals surface area (Å²) in [5.74, 6) is 0. The van der Waals surface area contributed by atoms with Crippen LogP contribution in [0.2, 0.25) is 0 Å². The molecule has 0 saturated carbocycles. The molecular formula is C10H17N2+. The molecule has 0 spiro atoms. The Kier molecular flexibility index (Phi) is 2.46. The van der Waals surface area contributed by atoms with Crippen molar-refractivity contribution in [2.24, 2.45) is 0 Å². The topological polar surface area (TPSA) is 16.8 Å². The van der Waals surface area contributed by atoms with Crippen LogP contribution < -0.4 is 4.57 Å². The van der Waals surface area contributed by atoms with Gasteiger partial charge in [0.15, 0.2) is 11.4 Å². The first-order chi connectivity index (χ1) is 5.57. The summed E-state index contributed by atoms with van der Waals surface area (Å²) >= 11 is 0. The van der Waals surface area contributed by atoms with Crippen molar-refractivity contribution < 1.29 is 4.57 Å². The predicted molar refractivity (Wildman–Crippen MR) is 49.1 cm³/mol. The lowest BCUT2D eigenvalue weighted by Gasteiger charge is -2.05. The van der Waals surface area contributed by atoms with E-state index >= 15 is 0 Å². The molecule has 1 aromatic rings. The van der Waals surface area contributed by atoms with Gasteiger partial charge in [-0.15, -0.1) is 0 Å². The van der Waals surface area contributed by atoms with Gasteiger partial charge in [0, 0.05) is 13.8 Å². The highest BCUT2D eigenvalue weighted by molar-refractivity contribution is 5.09. The van der Waals surface area contributed by atoms with E-state index in [9.17, 15) is 0 Å². The Balaban J connectivity index is 3.42. The summed E-state index contributed by atoms with van der Waals surface area (Å²) in [5, 5.41) is 0. The van der Waals surface area contributed by atoms with E-state index in [1.165, 1.54) is 11.4 Å². The third kappa shape index (κ3) is 1.33. The zero-order valence-electron chi connectivity index (χ0n) is 8.60. The number of aromatic nitrogens is 2. The number of rotatable bonds is 1. The maximum Gasteiger partial charge on any atom is 0.199 e. The van der Waals surface area contributed by atoms with Gasteiger partial charge in [0.25, 0.3) is 0 Å². The van der Waals surface area contributed by atoms with E-state index in [0.717, 1.165) is 17.9 Å². The molecular weight excluding hydrogens is 148 g/mol. The SMILES string of the molecule is CC[n+]1c(C)c(C)nc(C)c1C. The Hall–Kier alpha value is -0.920. The van der Waals surface area contributed by atoms with Crippen LogP contribution in [0.5, 0.6) is 0 Å². The maximum absolute atomic E-state index is 4.46. The van der Waals surface area contributed by atoms with Crippen LogP contribution in [0.25, 0.3) is 0 Å². The number of nitrogens with zero attached hydrogens (tertiary/aromatic N) is 2. The molecule has 0 unspecified atom stereocenters. The minimum Gasteiger partial charge on any atom is -0.245 e.